The number of carbonyl (C=O) groups is 2. The fourth-order valence-electron chi connectivity index (χ4n) is 1.84. The molecule has 7 nitrogen and oxygen atoms in total. The zero-order valence-electron chi connectivity index (χ0n) is 11.4. The minimum atomic E-state index is -1.10. The molecule has 2 heterocycles. The van der Waals surface area contributed by atoms with Crippen molar-refractivity contribution in [3.05, 3.63) is 23.0 Å². The molecule has 0 radical (unpaired) electrons. The van der Waals surface area contributed by atoms with Gasteiger partial charge in [-0.05, 0) is 18.9 Å². The molecule has 0 aliphatic carbocycles. The van der Waals surface area contributed by atoms with Crippen LogP contribution in [-0.2, 0) is 4.79 Å². The summed E-state index contributed by atoms with van der Waals surface area (Å²) in [6.45, 7) is 5.15. The number of aromatic nitrogens is 2. The van der Waals surface area contributed by atoms with Gasteiger partial charge in [-0.3, -0.25) is 9.59 Å². The van der Waals surface area contributed by atoms with E-state index in [1.165, 1.54) is 0 Å². The van der Waals surface area contributed by atoms with Crippen molar-refractivity contribution >= 4 is 23.0 Å². The van der Waals surface area contributed by atoms with Crippen LogP contribution in [0.25, 0.3) is 11.1 Å². The highest BCUT2D eigenvalue weighted by molar-refractivity contribution is 6.06. The normalized spacial score (nSPS) is 11.0. The number of nitrogens with one attached hydrogen (secondary N) is 1. The van der Waals surface area contributed by atoms with Crippen molar-refractivity contribution in [2.24, 2.45) is 0 Å². The van der Waals surface area contributed by atoms with Gasteiger partial charge in [0.05, 0.1) is 16.6 Å². The van der Waals surface area contributed by atoms with E-state index in [9.17, 15) is 9.59 Å². The van der Waals surface area contributed by atoms with Crippen molar-refractivity contribution < 1.29 is 19.2 Å². The van der Waals surface area contributed by atoms with Gasteiger partial charge in [-0.1, -0.05) is 19.0 Å². The van der Waals surface area contributed by atoms with Crippen molar-refractivity contribution in [1.29, 1.82) is 0 Å². The average molecular weight is 277 g/mol. The van der Waals surface area contributed by atoms with Crippen LogP contribution < -0.4 is 5.32 Å². The quantitative estimate of drug-likeness (QED) is 0.876. The van der Waals surface area contributed by atoms with E-state index in [0.717, 1.165) is 0 Å². The van der Waals surface area contributed by atoms with E-state index in [-0.39, 0.29) is 11.6 Å². The largest absolute Gasteiger partial charge is 0.480 e. The third-order valence-corrected chi connectivity index (χ3v) is 2.87. The van der Waals surface area contributed by atoms with Crippen LogP contribution in [0.3, 0.4) is 0 Å². The molecule has 0 unspecified atom stereocenters. The van der Waals surface area contributed by atoms with Crippen LogP contribution in [0.4, 0.5) is 0 Å². The molecule has 0 atom stereocenters. The summed E-state index contributed by atoms with van der Waals surface area (Å²) in [6.07, 6.45) is 0. The number of hydrogen-bond donors (Lipinski definition) is 2. The van der Waals surface area contributed by atoms with Crippen molar-refractivity contribution in [2.45, 2.75) is 26.7 Å². The average Bonchev–Trinajstić information content (AvgIpc) is 2.76. The highest BCUT2D eigenvalue weighted by atomic mass is 16.5. The predicted octanol–water partition coefficient (Wildman–Crippen LogP) is 1.47. The van der Waals surface area contributed by atoms with E-state index in [0.29, 0.717) is 22.3 Å². The van der Waals surface area contributed by atoms with Crippen LogP contribution in [0.2, 0.25) is 0 Å². The van der Waals surface area contributed by atoms with E-state index in [1.807, 2.05) is 13.8 Å². The lowest BCUT2D eigenvalue weighted by Gasteiger charge is -2.08. The summed E-state index contributed by atoms with van der Waals surface area (Å²) in [4.78, 5) is 27.0. The number of hydrogen-bond acceptors (Lipinski definition) is 5. The zero-order chi connectivity index (χ0) is 14.9. The monoisotopic (exact) mass is 277 g/mol. The molecule has 2 aromatic rings. The first-order valence-electron chi connectivity index (χ1n) is 6.17. The molecule has 0 fully saturated rings. The summed E-state index contributed by atoms with van der Waals surface area (Å²) in [5, 5.41) is 15.3. The number of rotatable bonds is 4. The Morgan fingerprint density at radius 3 is 2.75 bits per heavy atom. The number of aryl methyl sites for hydroxylation is 1. The Bertz CT molecular complexity index is 676. The summed E-state index contributed by atoms with van der Waals surface area (Å²) in [6, 6.07) is 1.65. The maximum Gasteiger partial charge on any atom is 0.322 e. The second-order valence-corrected chi connectivity index (χ2v) is 4.77. The molecule has 2 aromatic heterocycles. The predicted molar refractivity (Wildman–Crippen MR) is 70.6 cm³/mol. The Morgan fingerprint density at radius 1 is 1.45 bits per heavy atom. The van der Waals surface area contributed by atoms with Crippen LogP contribution in [0, 0.1) is 6.92 Å². The molecule has 0 aliphatic rings. The standard InChI is InChI=1S/C13H15N3O4/c1-6(2)9-4-8(12(19)14-5-10(17)18)11-7(3)16-20-13(11)15-9/h4,6H,5H2,1-3H3,(H,14,19)(H,17,18). The van der Waals surface area contributed by atoms with Crippen LogP contribution in [0.15, 0.2) is 10.6 Å². The third kappa shape index (κ3) is 2.61. The first-order chi connectivity index (χ1) is 9.40. The Balaban J connectivity index is 2.51. The molecule has 7 heteroatoms. The van der Waals surface area contributed by atoms with E-state index in [1.54, 1.807) is 13.0 Å². The van der Waals surface area contributed by atoms with Gasteiger partial charge in [-0.15, -0.1) is 0 Å². The molecule has 0 aromatic carbocycles. The van der Waals surface area contributed by atoms with Gasteiger partial charge in [0.25, 0.3) is 11.6 Å². The van der Waals surface area contributed by atoms with Crippen LogP contribution >= 0.6 is 0 Å². The van der Waals surface area contributed by atoms with Crippen molar-refractivity contribution in [2.75, 3.05) is 6.54 Å². The highest BCUT2D eigenvalue weighted by Gasteiger charge is 2.19. The molecule has 0 saturated heterocycles. The van der Waals surface area contributed by atoms with Gasteiger partial charge in [-0.25, -0.2) is 4.98 Å². The van der Waals surface area contributed by atoms with Gasteiger partial charge in [0, 0.05) is 5.69 Å². The Hall–Kier alpha value is -2.44. The van der Waals surface area contributed by atoms with Gasteiger partial charge >= 0.3 is 5.97 Å². The maximum absolute atomic E-state index is 12.1. The number of carboxylic acid groups (broad SMARTS) is 1. The minimum absolute atomic E-state index is 0.107. The number of nitrogens with zero attached hydrogens (tertiary/aromatic N) is 2. The van der Waals surface area contributed by atoms with Crippen LogP contribution in [-0.4, -0.2) is 33.7 Å². The fourth-order valence-corrected chi connectivity index (χ4v) is 1.84. The second kappa shape index (κ2) is 5.28. The Labute approximate surface area is 115 Å². The summed E-state index contributed by atoms with van der Waals surface area (Å²) in [7, 11) is 0. The van der Waals surface area contributed by atoms with Gasteiger partial charge in [0.1, 0.15) is 6.54 Å². The lowest BCUT2D eigenvalue weighted by atomic mass is 10.0. The topological polar surface area (TPSA) is 105 Å². The summed E-state index contributed by atoms with van der Waals surface area (Å²) >= 11 is 0. The number of aliphatic carboxylic acids is 1. The lowest BCUT2D eigenvalue weighted by Crippen LogP contribution is -2.29. The molecule has 2 rings (SSSR count). The smallest absolute Gasteiger partial charge is 0.322 e. The third-order valence-electron chi connectivity index (χ3n) is 2.87. The number of fused-ring (bicyclic) bond motifs is 1. The number of amides is 1. The molecule has 0 spiro atoms. The van der Waals surface area contributed by atoms with Crippen molar-refractivity contribution in [3.63, 3.8) is 0 Å². The zero-order valence-corrected chi connectivity index (χ0v) is 11.4. The van der Waals surface area contributed by atoms with E-state index >= 15 is 0 Å². The molecule has 0 saturated carbocycles. The lowest BCUT2D eigenvalue weighted by molar-refractivity contribution is -0.135. The van der Waals surface area contributed by atoms with Gasteiger partial charge in [-0.2, -0.15) is 0 Å². The number of carbonyl (C=O) groups excluding carboxylic acids is 1. The van der Waals surface area contributed by atoms with E-state index in [4.69, 9.17) is 9.63 Å². The van der Waals surface area contributed by atoms with Gasteiger partial charge in [0.2, 0.25) is 0 Å². The summed E-state index contributed by atoms with van der Waals surface area (Å²) in [5.74, 6) is -1.47. The van der Waals surface area contributed by atoms with E-state index in [2.05, 4.69) is 15.5 Å². The Morgan fingerprint density at radius 2 is 2.15 bits per heavy atom. The molecule has 20 heavy (non-hydrogen) atoms. The van der Waals surface area contributed by atoms with Gasteiger partial charge < -0.3 is 14.9 Å². The fraction of sp³-hybridized carbons (Fsp3) is 0.385. The van der Waals surface area contributed by atoms with Gasteiger partial charge in [0.15, 0.2) is 0 Å². The van der Waals surface area contributed by atoms with Crippen molar-refractivity contribution in [3.8, 4) is 0 Å². The maximum atomic E-state index is 12.1. The molecule has 1 amide bonds. The first kappa shape index (κ1) is 14.0. The summed E-state index contributed by atoms with van der Waals surface area (Å²) < 4.78 is 5.10. The van der Waals surface area contributed by atoms with Crippen LogP contribution in [0.1, 0.15) is 41.5 Å². The number of carboxylic acids is 1. The molecular weight excluding hydrogens is 262 g/mol. The van der Waals surface area contributed by atoms with E-state index < -0.39 is 18.4 Å². The molecule has 2 N–H and O–H groups in total. The highest BCUT2D eigenvalue weighted by Crippen LogP contribution is 2.24. The molecular formula is C13H15N3O4. The summed E-state index contributed by atoms with van der Waals surface area (Å²) in [5.41, 5.74) is 1.85. The molecule has 106 valence electrons. The van der Waals surface area contributed by atoms with Crippen LogP contribution in [0.5, 0.6) is 0 Å². The number of pyridine rings is 1. The Kier molecular flexibility index (Phi) is 3.69. The SMILES string of the molecule is Cc1noc2nc(C(C)C)cc(C(=O)NCC(=O)O)c12. The second-order valence-electron chi connectivity index (χ2n) is 4.77. The first-order valence-corrected chi connectivity index (χ1v) is 6.17. The van der Waals surface area contributed by atoms with Crippen molar-refractivity contribution in [1.82, 2.24) is 15.5 Å². The molecule has 0 aliphatic heterocycles. The minimum Gasteiger partial charge on any atom is -0.480 e. The molecule has 0 bridgehead atoms.